The van der Waals surface area contributed by atoms with Crippen LogP contribution in [0.2, 0.25) is 0 Å². The van der Waals surface area contributed by atoms with Crippen LogP contribution in [0, 0.1) is 0 Å². The van der Waals surface area contributed by atoms with E-state index < -0.39 is 10.0 Å². The van der Waals surface area contributed by atoms with Crippen LogP contribution in [0.15, 0.2) is 12.0 Å². The molecule has 1 unspecified atom stereocenters. The lowest BCUT2D eigenvalue weighted by Crippen LogP contribution is -2.44. The predicted molar refractivity (Wildman–Crippen MR) is 50.7 cm³/mol. The second-order valence-corrected chi connectivity index (χ2v) is 4.85. The first-order chi connectivity index (χ1) is 6.10. The van der Waals surface area contributed by atoms with Gasteiger partial charge in [-0.1, -0.05) is 13.5 Å². The van der Waals surface area contributed by atoms with Gasteiger partial charge in [0.2, 0.25) is 10.0 Å². The van der Waals surface area contributed by atoms with Gasteiger partial charge >= 0.3 is 0 Å². The minimum atomic E-state index is -3.25. The van der Waals surface area contributed by atoms with E-state index in [1.807, 2.05) is 6.92 Å². The Morgan fingerprint density at radius 2 is 2.38 bits per heavy atom. The van der Waals surface area contributed by atoms with Crippen molar-refractivity contribution in [1.82, 2.24) is 4.31 Å². The standard InChI is InChI=1S/C8H15NO3S/c1-3-8-7-9(5-6-12-8)13(10,11)4-2/h4,8H,2-3,5-7H2,1H3. The third kappa shape index (κ3) is 2.52. The maximum Gasteiger partial charge on any atom is 0.235 e. The second-order valence-electron chi connectivity index (χ2n) is 2.97. The van der Waals surface area contributed by atoms with E-state index in [0.717, 1.165) is 11.8 Å². The van der Waals surface area contributed by atoms with Crippen molar-refractivity contribution in [2.24, 2.45) is 0 Å². The van der Waals surface area contributed by atoms with Crippen LogP contribution in [0.4, 0.5) is 0 Å². The van der Waals surface area contributed by atoms with Gasteiger partial charge in [0.05, 0.1) is 12.7 Å². The van der Waals surface area contributed by atoms with Gasteiger partial charge in [-0.25, -0.2) is 8.42 Å². The Bertz CT molecular complexity index is 273. The molecular formula is C8H15NO3S. The first kappa shape index (κ1) is 10.7. The maximum absolute atomic E-state index is 11.4. The minimum Gasteiger partial charge on any atom is -0.375 e. The molecule has 0 saturated carbocycles. The highest BCUT2D eigenvalue weighted by Crippen LogP contribution is 2.12. The van der Waals surface area contributed by atoms with Gasteiger partial charge < -0.3 is 4.74 Å². The van der Waals surface area contributed by atoms with Crippen molar-refractivity contribution >= 4 is 10.0 Å². The quantitative estimate of drug-likeness (QED) is 0.676. The van der Waals surface area contributed by atoms with Crippen molar-refractivity contribution in [3.63, 3.8) is 0 Å². The number of sulfonamides is 1. The Labute approximate surface area is 79.2 Å². The van der Waals surface area contributed by atoms with E-state index in [-0.39, 0.29) is 6.10 Å². The fourth-order valence-electron chi connectivity index (χ4n) is 1.28. The third-order valence-corrected chi connectivity index (χ3v) is 3.60. The molecule has 0 aromatic rings. The normalized spacial score (nSPS) is 25.8. The number of nitrogens with zero attached hydrogens (tertiary/aromatic N) is 1. The van der Waals surface area contributed by atoms with Gasteiger partial charge in [0.15, 0.2) is 0 Å². The summed E-state index contributed by atoms with van der Waals surface area (Å²) in [7, 11) is -3.25. The lowest BCUT2D eigenvalue weighted by Gasteiger charge is -2.30. The molecule has 0 aromatic heterocycles. The van der Waals surface area contributed by atoms with Crippen molar-refractivity contribution in [3.05, 3.63) is 12.0 Å². The number of morpholine rings is 1. The molecule has 1 heterocycles. The third-order valence-electron chi connectivity index (χ3n) is 2.13. The van der Waals surface area contributed by atoms with E-state index in [4.69, 9.17) is 4.74 Å². The first-order valence-electron chi connectivity index (χ1n) is 4.34. The summed E-state index contributed by atoms with van der Waals surface area (Å²) in [4.78, 5) is 0. The Morgan fingerprint density at radius 3 is 2.92 bits per heavy atom. The number of rotatable bonds is 3. The van der Waals surface area contributed by atoms with Crippen LogP contribution < -0.4 is 0 Å². The van der Waals surface area contributed by atoms with Crippen LogP contribution in [0.3, 0.4) is 0 Å². The Morgan fingerprint density at radius 1 is 1.69 bits per heavy atom. The lowest BCUT2D eigenvalue weighted by atomic mass is 10.2. The summed E-state index contributed by atoms with van der Waals surface area (Å²) in [5, 5.41) is 0.991. The maximum atomic E-state index is 11.4. The topological polar surface area (TPSA) is 46.6 Å². The zero-order valence-corrected chi connectivity index (χ0v) is 8.59. The first-order valence-corrected chi connectivity index (χ1v) is 5.84. The molecule has 1 aliphatic rings. The summed E-state index contributed by atoms with van der Waals surface area (Å²) in [6, 6.07) is 0. The Hall–Kier alpha value is -0.390. The van der Waals surface area contributed by atoms with Crippen LogP contribution in [-0.4, -0.2) is 38.5 Å². The van der Waals surface area contributed by atoms with Crippen molar-refractivity contribution in [2.45, 2.75) is 19.4 Å². The van der Waals surface area contributed by atoms with Gasteiger partial charge in [-0.2, -0.15) is 4.31 Å². The Kier molecular flexibility index (Phi) is 3.47. The summed E-state index contributed by atoms with van der Waals surface area (Å²) in [5.41, 5.74) is 0. The highest BCUT2D eigenvalue weighted by atomic mass is 32.2. The molecule has 0 amide bonds. The highest BCUT2D eigenvalue weighted by Gasteiger charge is 2.26. The average molecular weight is 205 g/mol. The van der Waals surface area contributed by atoms with Crippen LogP contribution in [0.5, 0.6) is 0 Å². The average Bonchev–Trinajstić information content (AvgIpc) is 2.18. The monoisotopic (exact) mass is 205 g/mol. The molecule has 1 saturated heterocycles. The molecular weight excluding hydrogens is 190 g/mol. The summed E-state index contributed by atoms with van der Waals surface area (Å²) in [6.07, 6.45) is 0.867. The molecule has 1 atom stereocenters. The van der Waals surface area contributed by atoms with Gasteiger partial charge in [-0.3, -0.25) is 0 Å². The number of hydrogen-bond acceptors (Lipinski definition) is 3. The molecule has 0 radical (unpaired) electrons. The van der Waals surface area contributed by atoms with Crippen LogP contribution in [0.1, 0.15) is 13.3 Å². The fourth-order valence-corrected chi connectivity index (χ4v) is 2.19. The number of hydrogen-bond donors (Lipinski definition) is 0. The Balaban J connectivity index is 2.66. The molecule has 5 heteroatoms. The molecule has 0 aromatic carbocycles. The highest BCUT2D eigenvalue weighted by molar-refractivity contribution is 7.92. The zero-order valence-electron chi connectivity index (χ0n) is 7.77. The van der Waals surface area contributed by atoms with Crippen LogP contribution in [-0.2, 0) is 14.8 Å². The smallest absolute Gasteiger partial charge is 0.235 e. The van der Waals surface area contributed by atoms with Gasteiger partial charge in [-0.05, 0) is 6.42 Å². The van der Waals surface area contributed by atoms with Crippen molar-refractivity contribution < 1.29 is 13.2 Å². The molecule has 0 N–H and O–H groups in total. The van der Waals surface area contributed by atoms with Crippen molar-refractivity contribution in [1.29, 1.82) is 0 Å². The van der Waals surface area contributed by atoms with Gasteiger partial charge in [-0.15, -0.1) is 0 Å². The summed E-state index contributed by atoms with van der Waals surface area (Å²) < 4.78 is 29.5. The molecule has 0 bridgehead atoms. The molecule has 0 aliphatic carbocycles. The van der Waals surface area contributed by atoms with Gasteiger partial charge in [0.1, 0.15) is 0 Å². The van der Waals surface area contributed by atoms with Crippen LogP contribution in [0.25, 0.3) is 0 Å². The number of ether oxygens (including phenoxy) is 1. The second kappa shape index (κ2) is 4.21. The van der Waals surface area contributed by atoms with E-state index in [0.29, 0.717) is 19.7 Å². The largest absolute Gasteiger partial charge is 0.375 e. The molecule has 76 valence electrons. The van der Waals surface area contributed by atoms with E-state index in [1.165, 1.54) is 4.31 Å². The molecule has 1 rings (SSSR count). The molecule has 1 aliphatic heterocycles. The molecule has 4 nitrogen and oxygen atoms in total. The predicted octanol–water partition coefficient (Wildman–Crippen LogP) is 0.570. The molecule has 1 fully saturated rings. The zero-order chi connectivity index (χ0) is 9.90. The van der Waals surface area contributed by atoms with E-state index >= 15 is 0 Å². The van der Waals surface area contributed by atoms with E-state index in [1.54, 1.807) is 0 Å². The van der Waals surface area contributed by atoms with E-state index in [2.05, 4.69) is 6.58 Å². The minimum absolute atomic E-state index is 0.0310. The van der Waals surface area contributed by atoms with Crippen LogP contribution >= 0.6 is 0 Å². The van der Waals surface area contributed by atoms with E-state index in [9.17, 15) is 8.42 Å². The summed E-state index contributed by atoms with van der Waals surface area (Å²) in [6.45, 7) is 6.63. The van der Waals surface area contributed by atoms with Crippen molar-refractivity contribution in [3.8, 4) is 0 Å². The molecule has 0 spiro atoms. The lowest BCUT2D eigenvalue weighted by molar-refractivity contribution is -0.00240. The van der Waals surface area contributed by atoms with Gasteiger partial charge in [0.25, 0.3) is 0 Å². The van der Waals surface area contributed by atoms with Crippen molar-refractivity contribution in [2.75, 3.05) is 19.7 Å². The van der Waals surface area contributed by atoms with Gasteiger partial charge in [0, 0.05) is 18.5 Å². The summed E-state index contributed by atoms with van der Waals surface area (Å²) in [5.74, 6) is 0. The summed E-state index contributed by atoms with van der Waals surface area (Å²) >= 11 is 0. The SMILES string of the molecule is C=CS(=O)(=O)N1CCOC(CC)C1. The molecule has 13 heavy (non-hydrogen) atoms. The fraction of sp³-hybridized carbons (Fsp3) is 0.750.